The van der Waals surface area contributed by atoms with Gasteiger partial charge >= 0.3 is 0 Å². The zero-order valence-corrected chi connectivity index (χ0v) is 13.0. The van der Waals surface area contributed by atoms with Crippen LogP contribution in [0.1, 0.15) is 30.9 Å². The summed E-state index contributed by atoms with van der Waals surface area (Å²) in [6.07, 6.45) is 0. The van der Waals surface area contributed by atoms with Gasteiger partial charge in [0.15, 0.2) is 0 Å². The fraction of sp³-hybridized carbons (Fsp3) is 0.400. The number of aryl methyl sites for hydroxylation is 2. The molecule has 1 heterocycles. The van der Waals surface area contributed by atoms with Crippen LogP contribution in [0.4, 0.5) is 4.39 Å². The van der Waals surface area contributed by atoms with Gasteiger partial charge in [-0.2, -0.15) is 0 Å². The minimum atomic E-state index is -0.227. The maximum absolute atomic E-state index is 13.4. The molecule has 0 bridgehead atoms. The Bertz CT molecular complexity index is 576. The lowest BCUT2D eigenvalue weighted by molar-refractivity contribution is 0.431. The van der Waals surface area contributed by atoms with Crippen LogP contribution in [0.15, 0.2) is 32.7 Å². The summed E-state index contributed by atoms with van der Waals surface area (Å²) in [6, 6.07) is 5.14. The molecule has 108 valence electrons. The fourth-order valence-electron chi connectivity index (χ4n) is 1.68. The van der Waals surface area contributed by atoms with Gasteiger partial charge in [0.05, 0.1) is 5.69 Å². The highest BCUT2D eigenvalue weighted by atomic mass is 32.2. The Hall–Kier alpha value is -1.33. The van der Waals surface area contributed by atoms with Crippen molar-refractivity contribution in [2.24, 2.45) is 0 Å². The van der Waals surface area contributed by atoms with E-state index in [1.54, 1.807) is 12.1 Å². The molecule has 0 saturated heterocycles. The van der Waals surface area contributed by atoms with Crippen molar-refractivity contribution in [3.8, 4) is 0 Å². The summed E-state index contributed by atoms with van der Waals surface area (Å²) < 4.78 is 19.0. The van der Waals surface area contributed by atoms with Gasteiger partial charge in [0, 0.05) is 17.5 Å². The second-order valence-corrected chi connectivity index (χ2v) is 6.00. The molecule has 1 aromatic carbocycles. The first-order chi connectivity index (χ1) is 9.45. The van der Waals surface area contributed by atoms with Crippen molar-refractivity contribution in [1.82, 2.24) is 10.3 Å². The van der Waals surface area contributed by atoms with E-state index < -0.39 is 0 Å². The number of hydrogen-bond acceptors (Lipinski definition) is 4. The van der Waals surface area contributed by atoms with Crippen LogP contribution in [0.2, 0.25) is 0 Å². The monoisotopic (exact) mass is 294 g/mol. The van der Waals surface area contributed by atoms with Crippen LogP contribution in [0.5, 0.6) is 0 Å². The summed E-state index contributed by atoms with van der Waals surface area (Å²) in [5, 5.41) is 3.90. The predicted octanol–water partition coefficient (Wildman–Crippen LogP) is 4.08. The Balaban J connectivity index is 2.21. The Morgan fingerprint density at radius 1 is 1.35 bits per heavy atom. The van der Waals surface area contributed by atoms with Gasteiger partial charge in [-0.05, 0) is 49.4 Å². The van der Waals surface area contributed by atoms with Gasteiger partial charge in [-0.1, -0.05) is 13.8 Å². The molecular weight excluding hydrogens is 275 g/mol. The molecule has 0 aliphatic carbocycles. The van der Waals surface area contributed by atoms with Crippen LogP contribution < -0.4 is 5.32 Å². The summed E-state index contributed by atoms with van der Waals surface area (Å²) in [6.45, 7) is 8.54. The normalized spacial score (nSPS) is 11.3. The van der Waals surface area contributed by atoms with E-state index in [-0.39, 0.29) is 5.82 Å². The average Bonchev–Trinajstić information content (AvgIpc) is 2.68. The van der Waals surface area contributed by atoms with Crippen LogP contribution in [-0.4, -0.2) is 11.0 Å². The van der Waals surface area contributed by atoms with E-state index in [1.807, 2.05) is 13.8 Å². The molecule has 0 saturated carbocycles. The number of hydrogen-bond donors (Lipinski definition) is 1. The molecule has 0 fully saturated rings. The first-order valence-corrected chi connectivity index (χ1v) is 7.41. The second kappa shape index (κ2) is 6.41. The van der Waals surface area contributed by atoms with Crippen molar-refractivity contribution in [3.63, 3.8) is 0 Å². The number of benzene rings is 1. The average molecular weight is 294 g/mol. The van der Waals surface area contributed by atoms with E-state index in [0.29, 0.717) is 17.8 Å². The quantitative estimate of drug-likeness (QED) is 0.901. The third-order valence-electron chi connectivity index (χ3n) is 2.93. The lowest BCUT2D eigenvalue weighted by Crippen LogP contribution is -2.22. The first kappa shape index (κ1) is 15.1. The standard InChI is InChI=1S/C15H19FN2OS/c1-9(2)17-8-12-7-13(16)5-6-14(12)20-15-18-10(3)11(4)19-15/h5-7,9,17H,8H2,1-4H3. The van der Waals surface area contributed by atoms with Crippen molar-refractivity contribution in [3.05, 3.63) is 41.0 Å². The van der Waals surface area contributed by atoms with Crippen LogP contribution >= 0.6 is 11.8 Å². The molecule has 0 aliphatic heterocycles. The number of rotatable bonds is 5. The van der Waals surface area contributed by atoms with E-state index in [1.165, 1.54) is 17.8 Å². The van der Waals surface area contributed by atoms with Crippen LogP contribution in [0.25, 0.3) is 0 Å². The van der Waals surface area contributed by atoms with Crippen LogP contribution in [-0.2, 0) is 6.54 Å². The molecule has 0 spiro atoms. The first-order valence-electron chi connectivity index (χ1n) is 6.59. The fourth-order valence-corrected chi connectivity index (χ4v) is 2.62. The molecule has 1 N–H and O–H groups in total. The van der Waals surface area contributed by atoms with Gasteiger partial charge in [-0.25, -0.2) is 9.37 Å². The maximum Gasteiger partial charge on any atom is 0.261 e. The summed E-state index contributed by atoms with van der Waals surface area (Å²) in [5.41, 5.74) is 1.80. The van der Waals surface area contributed by atoms with Crippen molar-refractivity contribution in [2.45, 2.75) is 50.4 Å². The zero-order valence-electron chi connectivity index (χ0n) is 12.2. The molecule has 5 heteroatoms. The van der Waals surface area contributed by atoms with Crippen LogP contribution in [0, 0.1) is 19.7 Å². The number of oxazole rings is 1. The Morgan fingerprint density at radius 3 is 2.70 bits per heavy atom. The third kappa shape index (κ3) is 3.84. The molecule has 0 radical (unpaired) electrons. The second-order valence-electron chi connectivity index (χ2n) is 5.01. The Labute approximate surface area is 123 Å². The summed E-state index contributed by atoms with van der Waals surface area (Å²) >= 11 is 1.43. The summed E-state index contributed by atoms with van der Waals surface area (Å²) in [4.78, 5) is 5.31. The van der Waals surface area contributed by atoms with E-state index in [9.17, 15) is 4.39 Å². The number of nitrogens with zero attached hydrogens (tertiary/aromatic N) is 1. The van der Waals surface area contributed by atoms with Gasteiger partial charge in [0.25, 0.3) is 5.22 Å². The molecular formula is C15H19FN2OS. The van der Waals surface area contributed by atoms with Crippen molar-refractivity contribution in [2.75, 3.05) is 0 Å². The van der Waals surface area contributed by atoms with Gasteiger partial charge < -0.3 is 9.73 Å². The molecule has 2 aromatic rings. The van der Waals surface area contributed by atoms with Gasteiger partial charge in [0.1, 0.15) is 11.6 Å². The van der Waals surface area contributed by atoms with Gasteiger partial charge in [-0.15, -0.1) is 0 Å². The lowest BCUT2D eigenvalue weighted by Gasteiger charge is -2.11. The topological polar surface area (TPSA) is 38.1 Å². The number of nitrogens with one attached hydrogen (secondary N) is 1. The Kier molecular flexibility index (Phi) is 4.83. The van der Waals surface area contributed by atoms with Gasteiger partial charge in [0.2, 0.25) is 0 Å². The number of aromatic nitrogens is 1. The van der Waals surface area contributed by atoms with E-state index in [0.717, 1.165) is 21.9 Å². The Morgan fingerprint density at radius 2 is 2.10 bits per heavy atom. The molecule has 20 heavy (non-hydrogen) atoms. The van der Waals surface area contributed by atoms with Crippen LogP contribution in [0.3, 0.4) is 0 Å². The molecule has 0 amide bonds. The molecule has 0 aliphatic rings. The zero-order chi connectivity index (χ0) is 14.7. The highest BCUT2D eigenvalue weighted by molar-refractivity contribution is 7.99. The molecule has 0 atom stereocenters. The third-order valence-corrected chi connectivity index (χ3v) is 3.90. The predicted molar refractivity (Wildman–Crippen MR) is 78.5 cm³/mol. The van der Waals surface area contributed by atoms with E-state index in [2.05, 4.69) is 24.1 Å². The lowest BCUT2D eigenvalue weighted by atomic mass is 10.2. The van der Waals surface area contributed by atoms with Gasteiger partial charge in [-0.3, -0.25) is 0 Å². The van der Waals surface area contributed by atoms with Crippen molar-refractivity contribution < 1.29 is 8.81 Å². The molecule has 0 unspecified atom stereocenters. The summed E-state index contributed by atoms with van der Waals surface area (Å²) in [7, 11) is 0. The minimum Gasteiger partial charge on any atom is -0.436 e. The summed E-state index contributed by atoms with van der Waals surface area (Å²) in [5.74, 6) is 0.589. The van der Waals surface area contributed by atoms with Crippen molar-refractivity contribution >= 4 is 11.8 Å². The molecule has 2 rings (SSSR count). The minimum absolute atomic E-state index is 0.227. The maximum atomic E-state index is 13.4. The highest BCUT2D eigenvalue weighted by Crippen LogP contribution is 2.31. The largest absolute Gasteiger partial charge is 0.436 e. The molecule has 1 aromatic heterocycles. The number of halogens is 1. The molecule has 3 nitrogen and oxygen atoms in total. The SMILES string of the molecule is Cc1nc(Sc2ccc(F)cc2CNC(C)C)oc1C. The van der Waals surface area contributed by atoms with Crippen molar-refractivity contribution in [1.29, 1.82) is 0 Å². The highest BCUT2D eigenvalue weighted by Gasteiger charge is 2.11. The van der Waals surface area contributed by atoms with E-state index >= 15 is 0 Å². The van der Waals surface area contributed by atoms with E-state index in [4.69, 9.17) is 4.42 Å². The smallest absolute Gasteiger partial charge is 0.261 e.